The van der Waals surface area contributed by atoms with Gasteiger partial charge in [0, 0.05) is 18.8 Å². The van der Waals surface area contributed by atoms with Crippen LogP contribution in [0, 0.1) is 5.92 Å². The normalized spacial score (nSPS) is 18.9. The van der Waals surface area contributed by atoms with Gasteiger partial charge in [-0.2, -0.15) is 0 Å². The minimum Gasteiger partial charge on any atom is -0.495 e. The second kappa shape index (κ2) is 7.01. The number of methoxy groups -OCH3 is 1. The molecule has 0 radical (unpaired) electrons. The zero-order valence-corrected chi connectivity index (χ0v) is 12.5. The van der Waals surface area contributed by atoms with Crippen molar-refractivity contribution in [3.8, 4) is 5.75 Å². The van der Waals surface area contributed by atoms with Gasteiger partial charge in [-0.3, -0.25) is 0 Å². The fourth-order valence-electron chi connectivity index (χ4n) is 2.72. The number of anilines is 1. The van der Waals surface area contributed by atoms with E-state index in [4.69, 9.17) is 16.3 Å². The molecular formula is C15H23ClN2O. The molecule has 1 aliphatic heterocycles. The molecule has 1 aromatic rings. The zero-order valence-electron chi connectivity index (χ0n) is 11.8. The smallest absolute Gasteiger partial charge is 0.137 e. The zero-order chi connectivity index (χ0) is 13.7. The molecule has 1 atom stereocenters. The molecule has 0 spiro atoms. The summed E-state index contributed by atoms with van der Waals surface area (Å²) in [6, 6.07) is 6.06. The van der Waals surface area contributed by atoms with Crippen molar-refractivity contribution < 1.29 is 4.74 Å². The highest BCUT2D eigenvalue weighted by atomic mass is 35.5. The molecule has 19 heavy (non-hydrogen) atoms. The molecule has 1 saturated heterocycles. The van der Waals surface area contributed by atoms with Gasteiger partial charge in [0.05, 0.1) is 12.1 Å². The Morgan fingerprint density at radius 1 is 1.47 bits per heavy atom. The largest absolute Gasteiger partial charge is 0.495 e. The molecule has 1 fully saturated rings. The number of benzene rings is 1. The molecular weight excluding hydrogens is 260 g/mol. The van der Waals surface area contributed by atoms with Gasteiger partial charge in [-0.05, 0) is 57.0 Å². The van der Waals surface area contributed by atoms with E-state index in [0.717, 1.165) is 31.3 Å². The molecule has 1 heterocycles. The number of hydrogen-bond donors (Lipinski definition) is 1. The predicted octanol–water partition coefficient (Wildman–Crippen LogP) is 3.17. The van der Waals surface area contributed by atoms with Crippen molar-refractivity contribution in [1.82, 2.24) is 5.32 Å². The summed E-state index contributed by atoms with van der Waals surface area (Å²) in [4.78, 5) is 2.43. The Bertz CT molecular complexity index is 411. The number of hydrogen-bond acceptors (Lipinski definition) is 3. The van der Waals surface area contributed by atoms with Crippen LogP contribution < -0.4 is 15.0 Å². The monoisotopic (exact) mass is 282 g/mol. The van der Waals surface area contributed by atoms with Crippen LogP contribution in [0.25, 0.3) is 0 Å². The van der Waals surface area contributed by atoms with Gasteiger partial charge in [0.2, 0.25) is 0 Å². The summed E-state index contributed by atoms with van der Waals surface area (Å²) < 4.78 is 5.19. The van der Waals surface area contributed by atoms with Crippen molar-refractivity contribution in [2.24, 2.45) is 5.92 Å². The van der Waals surface area contributed by atoms with Gasteiger partial charge in [-0.1, -0.05) is 11.6 Å². The van der Waals surface area contributed by atoms with Crippen molar-refractivity contribution in [3.63, 3.8) is 0 Å². The highest BCUT2D eigenvalue weighted by molar-refractivity contribution is 6.32. The maximum Gasteiger partial charge on any atom is 0.137 e. The lowest BCUT2D eigenvalue weighted by Crippen LogP contribution is -2.20. The topological polar surface area (TPSA) is 24.5 Å². The van der Waals surface area contributed by atoms with Gasteiger partial charge in [-0.25, -0.2) is 0 Å². The van der Waals surface area contributed by atoms with Gasteiger partial charge < -0.3 is 15.0 Å². The second-order valence-electron chi connectivity index (χ2n) is 5.17. The number of halogens is 1. The lowest BCUT2D eigenvalue weighted by molar-refractivity contribution is 0.415. The first kappa shape index (κ1) is 14.5. The van der Waals surface area contributed by atoms with Crippen LogP contribution in [0.3, 0.4) is 0 Å². The third kappa shape index (κ3) is 3.77. The molecule has 1 unspecified atom stereocenters. The van der Waals surface area contributed by atoms with Crippen LogP contribution in [0.2, 0.25) is 5.02 Å². The number of nitrogens with zero attached hydrogens (tertiary/aromatic N) is 1. The SMILES string of the molecule is CNCCCC1CCN(c2ccc(OC)c(Cl)c2)C1. The molecule has 0 saturated carbocycles. The Morgan fingerprint density at radius 2 is 2.32 bits per heavy atom. The third-order valence-corrected chi connectivity index (χ3v) is 4.12. The number of ether oxygens (including phenoxy) is 1. The third-order valence-electron chi connectivity index (χ3n) is 3.83. The molecule has 0 aromatic heterocycles. The molecule has 1 aromatic carbocycles. The Morgan fingerprint density at radius 3 is 3.00 bits per heavy atom. The Kier molecular flexibility index (Phi) is 5.34. The van der Waals surface area contributed by atoms with Crippen molar-refractivity contribution in [2.75, 3.05) is 38.7 Å². The van der Waals surface area contributed by atoms with Gasteiger partial charge in [0.25, 0.3) is 0 Å². The average Bonchev–Trinajstić information content (AvgIpc) is 2.88. The summed E-state index contributed by atoms with van der Waals surface area (Å²) in [6.45, 7) is 3.39. The lowest BCUT2D eigenvalue weighted by atomic mass is 10.0. The highest BCUT2D eigenvalue weighted by Gasteiger charge is 2.22. The molecule has 3 nitrogen and oxygen atoms in total. The molecule has 0 bridgehead atoms. The van der Waals surface area contributed by atoms with Gasteiger partial charge in [-0.15, -0.1) is 0 Å². The van der Waals surface area contributed by atoms with E-state index in [1.54, 1.807) is 7.11 Å². The molecule has 1 N–H and O–H groups in total. The maximum absolute atomic E-state index is 6.19. The van der Waals surface area contributed by atoms with Crippen LogP contribution >= 0.6 is 11.6 Å². The summed E-state index contributed by atoms with van der Waals surface area (Å²) in [5.74, 6) is 1.56. The standard InChI is InChI=1S/C15H23ClN2O/c1-17-8-3-4-12-7-9-18(11-12)13-5-6-15(19-2)14(16)10-13/h5-6,10,12,17H,3-4,7-9,11H2,1-2H3. The molecule has 0 amide bonds. The van der Waals surface area contributed by atoms with Gasteiger partial charge >= 0.3 is 0 Å². The summed E-state index contributed by atoms with van der Waals surface area (Å²) in [5.41, 5.74) is 1.21. The van der Waals surface area contributed by atoms with Crippen LogP contribution in [0.1, 0.15) is 19.3 Å². The van der Waals surface area contributed by atoms with Crippen molar-refractivity contribution in [2.45, 2.75) is 19.3 Å². The van der Waals surface area contributed by atoms with Crippen LogP contribution in [0.4, 0.5) is 5.69 Å². The summed E-state index contributed by atoms with van der Waals surface area (Å²) in [7, 11) is 3.66. The molecule has 2 rings (SSSR count). The van der Waals surface area contributed by atoms with Crippen molar-refractivity contribution in [1.29, 1.82) is 0 Å². The highest BCUT2D eigenvalue weighted by Crippen LogP contribution is 2.32. The molecule has 1 aliphatic rings. The van der Waals surface area contributed by atoms with Crippen LogP contribution in [0.15, 0.2) is 18.2 Å². The van der Waals surface area contributed by atoms with Crippen molar-refractivity contribution >= 4 is 17.3 Å². The average molecular weight is 283 g/mol. The van der Waals surface area contributed by atoms with Crippen LogP contribution in [-0.2, 0) is 0 Å². The van der Waals surface area contributed by atoms with Gasteiger partial charge in [0.15, 0.2) is 0 Å². The van der Waals surface area contributed by atoms with Crippen molar-refractivity contribution in [3.05, 3.63) is 23.2 Å². The van der Waals surface area contributed by atoms with Gasteiger partial charge in [0.1, 0.15) is 5.75 Å². The van der Waals surface area contributed by atoms with E-state index in [2.05, 4.69) is 16.3 Å². The quantitative estimate of drug-likeness (QED) is 0.811. The molecule has 4 heteroatoms. The fraction of sp³-hybridized carbons (Fsp3) is 0.600. The lowest BCUT2D eigenvalue weighted by Gasteiger charge is -2.19. The Balaban J connectivity index is 1.91. The summed E-state index contributed by atoms with van der Waals surface area (Å²) in [5, 5.41) is 3.90. The Labute approximate surface area is 120 Å². The first-order valence-electron chi connectivity index (χ1n) is 6.97. The molecule has 0 aliphatic carbocycles. The predicted molar refractivity (Wildman–Crippen MR) is 81.5 cm³/mol. The van der Waals surface area contributed by atoms with E-state index < -0.39 is 0 Å². The van der Waals surface area contributed by atoms with E-state index in [1.165, 1.54) is 24.9 Å². The fourth-order valence-corrected chi connectivity index (χ4v) is 2.97. The van der Waals surface area contributed by atoms with E-state index in [9.17, 15) is 0 Å². The first-order valence-corrected chi connectivity index (χ1v) is 7.35. The van der Waals surface area contributed by atoms with Crippen LogP contribution in [-0.4, -0.2) is 33.8 Å². The first-order chi connectivity index (χ1) is 9.24. The summed E-state index contributed by atoms with van der Waals surface area (Å²) >= 11 is 6.19. The van der Waals surface area contributed by atoms with E-state index in [1.807, 2.05) is 19.2 Å². The van der Waals surface area contributed by atoms with E-state index >= 15 is 0 Å². The van der Waals surface area contributed by atoms with E-state index in [0.29, 0.717) is 5.02 Å². The second-order valence-corrected chi connectivity index (χ2v) is 5.57. The maximum atomic E-state index is 6.19. The summed E-state index contributed by atoms with van der Waals surface area (Å²) in [6.07, 6.45) is 3.85. The minimum absolute atomic E-state index is 0.693. The molecule has 106 valence electrons. The number of rotatable bonds is 6. The number of nitrogens with one attached hydrogen (secondary N) is 1. The Hall–Kier alpha value is -0.930. The van der Waals surface area contributed by atoms with Crippen LogP contribution in [0.5, 0.6) is 5.75 Å². The van der Waals surface area contributed by atoms with E-state index in [-0.39, 0.29) is 0 Å². The minimum atomic E-state index is 0.693.